The van der Waals surface area contributed by atoms with Crippen molar-refractivity contribution < 1.29 is 9.47 Å². The Kier molecular flexibility index (Phi) is 4.91. The fourth-order valence-corrected chi connectivity index (χ4v) is 3.27. The second kappa shape index (κ2) is 6.48. The number of hydrogen-bond acceptors (Lipinski definition) is 4. The van der Waals surface area contributed by atoms with Crippen LogP contribution in [0.2, 0.25) is 5.02 Å². The van der Waals surface area contributed by atoms with Crippen molar-refractivity contribution in [2.75, 3.05) is 21.3 Å². The van der Waals surface area contributed by atoms with Gasteiger partial charge in [-0.05, 0) is 48.7 Å². The van der Waals surface area contributed by atoms with Gasteiger partial charge in [-0.3, -0.25) is 0 Å². The van der Waals surface area contributed by atoms with Crippen molar-refractivity contribution >= 4 is 22.9 Å². The molecule has 0 aliphatic carbocycles. The summed E-state index contributed by atoms with van der Waals surface area (Å²) in [4.78, 5) is 1.28. The highest BCUT2D eigenvalue weighted by Crippen LogP contribution is 2.39. The van der Waals surface area contributed by atoms with Gasteiger partial charge in [-0.2, -0.15) is 0 Å². The van der Waals surface area contributed by atoms with Crippen molar-refractivity contribution in [2.45, 2.75) is 13.0 Å². The van der Waals surface area contributed by atoms with Gasteiger partial charge in [0.15, 0.2) is 11.5 Å². The normalized spacial score (nSPS) is 12.2. The molecule has 20 heavy (non-hydrogen) atoms. The molecule has 1 unspecified atom stereocenters. The molecule has 0 spiro atoms. The van der Waals surface area contributed by atoms with Gasteiger partial charge < -0.3 is 14.8 Å². The fourth-order valence-electron chi connectivity index (χ4n) is 2.25. The highest BCUT2D eigenvalue weighted by atomic mass is 35.5. The molecule has 0 bridgehead atoms. The summed E-state index contributed by atoms with van der Waals surface area (Å²) < 4.78 is 10.6. The Morgan fingerprint density at radius 1 is 1.15 bits per heavy atom. The Labute approximate surface area is 128 Å². The van der Waals surface area contributed by atoms with Gasteiger partial charge >= 0.3 is 0 Å². The third kappa shape index (κ3) is 2.92. The molecule has 0 aliphatic rings. The number of nitrogens with one attached hydrogen (secondary N) is 1. The molecule has 0 fully saturated rings. The van der Waals surface area contributed by atoms with E-state index in [1.807, 2.05) is 19.2 Å². The Balaban J connectivity index is 2.47. The standard InChI is InChI=1S/C15H18ClNO2S/c1-9-5-11(8-20-9)14(17-2)10-6-12(16)15(19-4)13(7-10)18-3/h5-8,14,17H,1-4H3. The molecule has 3 nitrogen and oxygen atoms in total. The number of benzene rings is 1. The van der Waals surface area contributed by atoms with Gasteiger partial charge in [0.2, 0.25) is 0 Å². The van der Waals surface area contributed by atoms with Crippen LogP contribution >= 0.6 is 22.9 Å². The zero-order valence-corrected chi connectivity index (χ0v) is 13.6. The first-order chi connectivity index (χ1) is 9.60. The van der Waals surface area contributed by atoms with Gasteiger partial charge in [0.05, 0.1) is 25.3 Å². The molecule has 1 N–H and O–H groups in total. The minimum Gasteiger partial charge on any atom is -0.493 e. The summed E-state index contributed by atoms with van der Waals surface area (Å²) in [6.45, 7) is 2.10. The van der Waals surface area contributed by atoms with Crippen LogP contribution in [-0.2, 0) is 0 Å². The largest absolute Gasteiger partial charge is 0.493 e. The van der Waals surface area contributed by atoms with Crippen LogP contribution in [0.25, 0.3) is 0 Å². The fraction of sp³-hybridized carbons (Fsp3) is 0.333. The number of halogens is 1. The molecule has 5 heteroatoms. The van der Waals surface area contributed by atoms with Gasteiger partial charge in [-0.15, -0.1) is 11.3 Å². The molecule has 2 rings (SSSR count). The smallest absolute Gasteiger partial charge is 0.179 e. The van der Waals surface area contributed by atoms with Crippen LogP contribution in [0.1, 0.15) is 22.0 Å². The first-order valence-electron chi connectivity index (χ1n) is 6.24. The lowest BCUT2D eigenvalue weighted by atomic mass is 10.0. The third-order valence-electron chi connectivity index (χ3n) is 3.16. The van der Waals surface area contributed by atoms with E-state index in [1.165, 1.54) is 10.4 Å². The number of rotatable bonds is 5. The molecule has 0 saturated heterocycles. The number of methoxy groups -OCH3 is 2. The zero-order valence-electron chi connectivity index (χ0n) is 12.0. The molecular weight excluding hydrogens is 294 g/mol. The minimum atomic E-state index is 0.0808. The first-order valence-corrected chi connectivity index (χ1v) is 7.50. The van der Waals surface area contributed by atoms with E-state index in [0.717, 1.165) is 5.56 Å². The van der Waals surface area contributed by atoms with E-state index in [4.69, 9.17) is 21.1 Å². The summed E-state index contributed by atoms with van der Waals surface area (Å²) in [6, 6.07) is 6.13. The predicted molar refractivity (Wildman–Crippen MR) is 84.5 cm³/mol. The second-order valence-electron chi connectivity index (χ2n) is 4.45. The summed E-state index contributed by atoms with van der Waals surface area (Å²) >= 11 is 8.01. The van der Waals surface area contributed by atoms with E-state index < -0.39 is 0 Å². The SMILES string of the molecule is CNC(c1csc(C)c1)c1cc(Cl)c(OC)c(OC)c1. The monoisotopic (exact) mass is 311 g/mol. The summed E-state index contributed by atoms with van der Waals surface area (Å²) in [5, 5.41) is 6.02. The molecule has 1 atom stereocenters. The summed E-state index contributed by atoms with van der Waals surface area (Å²) in [5.41, 5.74) is 2.27. The highest BCUT2D eigenvalue weighted by Gasteiger charge is 2.18. The number of ether oxygens (including phenoxy) is 2. The van der Waals surface area contributed by atoms with Crippen molar-refractivity contribution in [3.8, 4) is 11.5 Å². The maximum absolute atomic E-state index is 6.28. The summed E-state index contributed by atoms with van der Waals surface area (Å²) in [6.07, 6.45) is 0. The molecular formula is C15H18ClNO2S. The summed E-state index contributed by atoms with van der Waals surface area (Å²) in [7, 11) is 5.13. The van der Waals surface area contributed by atoms with Crippen molar-refractivity contribution in [3.05, 3.63) is 44.6 Å². The molecule has 108 valence electrons. The lowest BCUT2D eigenvalue weighted by molar-refractivity contribution is 0.354. The predicted octanol–water partition coefficient (Wildman–Crippen LogP) is 4.04. The van der Waals surface area contributed by atoms with Crippen LogP contribution in [0.4, 0.5) is 0 Å². The quantitative estimate of drug-likeness (QED) is 0.904. The van der Waals surface area contributed by atoms with Crippen LogP contribution in [0.15, 0.2) is 23.6 Å². The van der Waals surface area contributed by atoms with Crippen LogP contribution < -0.4 is 14.8 Å². The maximum atomic E-state index is 6.28. The van der Waals surface area contributed by atoms with E-state index in [0.29, 0.717) is 16.5 Å². The lowest BCUT2D eigenvalue weighted by Crippen LogP contribution is -2.17. The second-order valence-corrected chi connectivity index (χ2v) is 5.97. The molecule has 1 aromatic carbocycles. The highest BCUT2D eigenvalue weighted by molar-refractivity contribution is 7.10. The van der Waals surface area contributed by atoms with E-state index in [9.17, 15) is 0 Å². The van der Waals surface area contributed by atoms with Crippen molar-refractivity contribution in [1.29, 1.82) is 0 Å². The Morgan fingerprint density at radius 2 is 1.90 bits per heavy atom. The van der Waals surface area contributed by atoms with Gasteiger partial charge in [-0.1, -0.05) is 11.6 Å². The summed E-state index contributed by atoms with van der Waals surface area (Å²) in [5.74, 6) is 1.21. The van der Waals surface area contributed by atoms with Gasteiger partial charge in [0.1, 0.15) is 0 Å². The van der Waals surface area contributed by atoms with Crippen molar-refractivity contribution in [1.82, 2.24) is 5.32 Å². The van der Waals surface area contributed by atoms with Crippen LogP contribution in [0, 0.1) is 6.92 Å². The van der Waals surface area contributed by atoms with Crippen molar-refractivity contribution in [3.63, 3.8) is 0 Å². The van der Waals surface area contributed by atoms with E-state index >= 15 is 0 Å². The number of hydrogen-bond donors (Lipinski definition) is 1. The van der Waals surface area contributed by atoms with Crippen LogP contribution in [0.5, 0.6) is 11.5 Å². The van der Waals surface area contributed by atoms with E-state index in [2.05, 4.69) is 23.7 Å². The van der Waals surface area contributed by atoms with Gasteiger partial charge in [0.25, 0.3) is 0 Å². The number of thiophene rings is 1. The van der Waals surface area contributed by atoms with E-state index in [-0.39, 0.29) is 6.04 Å². The Bertz CT molecular complexity index is 598. The number of aryl methyl sites for hydroxylation is 1. The molecule has 0 saturated carbocycles. The molecule has 0 radical (unpaired) electrons. The van der Waals surface area contributed by atoms with Gasteiger partial charge in [0, 0.05) is 4.88 Å². The molecule has 0 amide bonds. The average molecular weight is 312 g/mol. The maximum Gasteiger partial charge on any atom is 0.179 e. The molecule has 1 aromatic heterocycles. The Hall–Kier alpha value is -1.23. The van der Waals surface area contributed by atoms with Crippen molar-refractivity contribution in [2.24, 2.45) is 0 Å². The molecule has 1 heterocycles. The first kappa shape index (κ1) is 15.2. The van der Waals surface area contributed by atoms with Crippen LogP contribution in [0.3, 0.4) is 0 Å². The third-order valence-corrected chi connectivity index (χ3v) is 4.32. The molecule has 2 aromatic rings. The zero-order chi connectivity index (χ0) is 14.7. The van der Waals surface area contributed by atoms with E-state index in [1.54, 1.807) is 25.6 Å². The lowest BCUT2D eigenvalue weighted by Gasteiger charge is -2.18. The topological polar surface area (TPSA) is 30.5 Å². The van der Waals surface area contributed by atoms with Gasteiger partial charge in [-0.25, -0.2) is 0 Å². The van der Waals surface area contributed by atoms with Crippen LogP contribution in [-0.4, -0.2) is 21.3 Å². The Morgan fingerprint density at radius 3 is 2.40 bits per heavy atom. The molecule has 0 aliphatic heterocycles. The average Bonchev–Trinajstić information content (AvgIpc) is 2.85. The minimum absolute atomic E-state index is 0.0808.